The molecular formula is C32H42N4O11. The highest BCUT2D eigenvalue weighted by Gasteiger charge is 2.72. The molecule has 7 N–H and O–H groups in total. The van der Waals surface area contributed by atoms with E-state index in [1.165, 1.54) is 19.9 Å². The van der Waals surface area contributed by atoms with E-state index < -0.39 is 71.5 Å². The van der Waals surface area contributed by atoms with Crippen LogP contribution in [0.1, 0.15) is 63.5 Å². The normalized spacial score (nSPS) is 27.2. The Kier molecular flexibility index (Phi) is 9.53. The largest absolute Gasteiger partial charge is 0.504 e. The number of amides is 2. The van der Waals surface area contributed by atoms with Crippen molar-refractivity contribution in [1.29, 1.82) is 0 Å². The number of esters is 2. The van der Waals surface area contributed by atoms with Crippen LogP contribution < -0.4 is 21.1 Å². The van der Waals surface area contributed by atoms with Crippen LogP contribution in [-0.2, 0) is 45.3 Å². The maximum Gasteiger partial charge on any atom is 0.345 e. The highest BCUT2D eigenvalue weighted by molar-refractivity contribution is 5.91. The molecular weight excluding hydrogens is 616 g/mol. The number of aromatic hydroxyl groups is 1. The van der Waals surface area contributed by atoms with Gasteiger partial charge < -0.3 is 50.8 Å². The number of carbonyl (C=O) groups excluding carboxylic acids is 4. The summed E-state index contributed by atoms with van der Waals surface area (Å²) in [4.78, 5) is 64.4. The third-order valence-electron chi connectivity index (χ3n) is 9.82. The standard InChI is InChI=1S/C32H42N4O11/c1-16(34-28(40)19(35-17(2)37)6-4-5-12-33)30(43)46-22(29(41)42)15-24(39)45-21-9-10-32(44)23-14-18-7-8-20(38)26-25(18)31(32,27(21)47-26)11-13-36(23)3/h7-9,16,19,22-23,27,38,44H,4-6,10-15,33H2,1-3H3,(H,34,40)(H,35,37)(H,41,42)/t16?,19?,22?,23-,27+,31+,32-/m1/s1. The Labute approximate surface area is 271 Å². The Bertz CT molecular complexity index is 1500. The molecule has 2 bridgehead atoms. The van der Waals surface area contributed by atoms with Gasteiger partial charge in [0, 0.05) is 24.9 Å². The van der Waals surface area contributed by atoms with Crippen molar-refractivity contribution in [2.45, 2.75) is 100 Å². The molecule has 7 atom stereocenters. The maximum atomic E-state index is 13.2. The Balaban J connectivity index is 1.26. The molecule has 4 aliphatic rings. The molecule has 256 valence electrons. The molecule has 15 heteroatoms. The van der Waals surface area contributed by atoms with Gasteiger partial charge in [-0.25, -0.2) is 9.59 Å². The van der Waals surface area contributed by atoms with Crippen LogP contribution in [0.15, 0.2) is 24.0 Å². The number of nitrogens with one attached hydrogen (secondary N) is 2. The summed E-state index contributed by atoms with van der Waals surface area (Å²) in [6.45, 7) is 3.56. The van der Waals surface area contributed by atoms with Crippen molar-refractivity contribution in [3.05, 3.63) is 35.1 Å². The number of nitrogens with zero attached hydrogens (tertiary/aromatic N) is 1. The number of hydrogen-bond donors (Lipinski definition) is 6. The van der Waals surface area contributed by atoms with Crippen LogP contribution in [0.25, 0.3) is 0 Å². The van der Waals surface area contributed by atoms with Gasteiger partial charge in [0.05, 0.1) is 17.4 Å². The number of likely N-dealkylation sites (N-methyl/N-ethyl adjacent to an activating group) is 1. The Hall–Kier alpha value is -4.21. The summed E-state index contributed by atoms with van der Waals surface area (Å²) >= 11 is 0. The van der Waals surface area contributed by atoms with Crippen LogP contribution >= 0.6 is 0 Å². The van der Waals surface area contributed by atoms with Crippen molar-refractivity contribution in [3.63, 3.8) is 0 Å². The summed E-state index contributed by atoms with van der Waals surface area (Å²) in [6.07, 6.45) is 0.358. The fourth-order valence-electron chi connectivity index (χ4n) is 7.56. The third-order valence-corrected chi connectivity index (χ3v) is 9.82. The Morgan fingerprint density at radius 1 is 1.19 bits per heavy atom. The molecule has 1 fully saturated rings. The van der Waals surface area contributed by atoms with E-state index in [1.54, 1.807) is 6.08 Å². The topological polar surface area (TPSA) is 227 Å². The number of carboxylic acids is 1. The van der Waals surface area contributed by atoms with E-state index in [0.29, 0.717) is 44.3 Å². The zero-order chi connectivity index (χ0) is 34.3. The monoisotopic (exact) mass is 658 g/mol. The Morgan fingerprint density at radius 3 is 2.62 bits per heavy atom. The number of rotatable bonds is 13. The first-order chi connectivity index (χ1) is 22.2. The zero-order valence-corrected chi connectivity index (χ0v) is 26.6. The fraction of sp³-hybridized carbons (Fsp3) is 0.594. The number of hydrogen-bond acceptors (Lipinski definition) is 12. The quantitative estimate of drug-likeness (QED) is 0.119. The first-order valence-corrected chi connectivity index (χ1v) is 15.8. The summed E-state index contributed by atoms with van der Waals surface area (Å²) < 4.78 is 17.0. The van der Waals surface area contributed by atoms with Crippen LogP contribution in [-0.4, -0.2) is 106 Å². The van der Waals surface area contributed by atoms with Crippen molar-refractivity contribution in [2.75, 3.05) is 20.1 Å². The van der Waals surface area contributed by atoms with Gasteiger partial charge in [-0.05, 0) is 76.9 Å². The molecule has 2 aliphatic carbocycles. The van der Waals surface area contributed by atoms with Crippen LogP contribution in [0.2, 0.25) is 0 Å². The average Bonchev–Trinajstić information content (AvgIpc) is 3.37. The zero-order valence-electron chi connectivity index (χ0n) is 26.6. The second-order valence-electron chi connectivity index (χ2n) is 12.8. The highest BCUT2D eigenvalue weighted by Crippen LogP contribution is 2.65. The van der Waals surface area contributed by atoms with Gasteiger partial charge in [0.15, 0.2) is 17.6 Å². The number of aliphatic hydroxyl groups is 1. The highest BCUT2D eigenvalue weighted by atomic mass is 16.6. The first kappa shape index (κ1) is 34.1. The number of nitrogens with two attached hydrogens (primary N) is 1. The smallest absolute Gasteiger partial charge is 0.345 e. The third kappa shape index (κ3) is 6.03. The summed E-state index contributed by atoms with van der Waals surface area (Å²) in [5, 5.41) is 37.6. The van der Waals surface area contributed by atoms with E-state index >= 15 is 0 Å². The predicted molar refractivity (Wildman–Crippen MR) is 163 cm³/mol. The predicted octanol–water partition coefficient (Wildman–Crippen LogP) is -0.262. The number of phenolic OH excluding ortho intramolecular Hbond substituents is 1. The molecule has 47 heavy (non-hydrogen) atoms. The van der Waals surface area contributed by atoms with Crippen LogP contribution in [0.3, 0.4) is 0 Å². The lowest BCUT2D eigenvalue weighted by Crippen LogP contribution is -2.74. The maximum absolute atomic E-state index is 13.2. The summed E-state index contributed by atoms with van der Waals surface area (Å²) in [5.41, 5.74) is 4.83. The minimum Gasteiger partial charge on any atom is -0.504 e. The Morgan fingerprint density at radius 2 is 1.94 bits per heavy atom. The van der Waals surface area contributed by atoms with Gasteiger partial charge >= 0.3 is 17.9 Å². The van der Waals surface area contributed by atoms with Crippen molar-refractivity contribution in [3.8, 4) is 11.5 Å². The van der Waals surface area contributed by atoms with Crippen molar-refractivity contribution >= 4 is 29.7 Å². The second kappa shape index (κ2) is 13.1. The molecule has 0 saturated carbocycles. The van der Waals surface area contributed by atoms with Crippen LogP contribution in [0, 0.1) is 0 Å². The summed E-state index contributed by atoms with van der Waals surface area (Å²) in [5.74, 6) is -4.66. The average molecular weight is 659 g/mol. The lowest BCUT2D eigenvalue weighted by molar-refractivity contribution is -0.174. The molecule has 0 aromatic heterocycles. The number of carboxylic acid groups (broad SMARTS) is 1. The van der Waals surface area contributed by atoms with Gasteiger partial charge in [-0.1, -0.05) is 6.07 Å². The van der Waals surface area contributed by atoms with Gasteiger partial charge in [0.25, 0.3) is 0 Å². The molecule has 15 nitrogen and oxygen atoms in total. The number of aliphatic carboxylic acids is 1. The SMILES string of the molecule is CC(=O)NC(CCCCN)C(=O)NC(C)C(=O)OC(CC(=O)OC1=CC[C@@]2(O)[C@H]3Cc4ccc(O)c5c4[C@@]2(CCN3C)[C@H]1O5)C(=O)O. The number of piperidine rings is 1. The van der Waals surface area contributed by atoms with E-state index in [4.69, 9.17) is 19.9 Å². The molecule has 1 spiro atoms. The number of benzene rings is 1. The van der Waals surface area contributed by atoms with Gasteiger partial charge in [0.1, 0.15) is 17.8 Å². The summed E-state index contributed by atoms with van der Waals surface area (Å²) in [7, 11) is 1.94. The van der Waals surface area contributed by atoms with Crippen molar-refractivity contribution < 1.29 is 53.5 Å². The molecule has 3 unspecified atom stereocenters. The van der Waals surface area contributed by atoms with Crippen LogP contribution in [0.5, 0.6) is 11.5 Å². The molecule has 1 saturated heterocycles. The molecule has 2 heterocycles. The number of carbonyl (C=O) groups is 5. The van der Waals surface area contributed by atoms with E-state index in [-0.39, 0.29) is 36.1 Å². The summed E-state index contributed by atoms with van der Waals surface area (Å²) in [6, 6.07) is 0.853. The van der Waals surface area contributed by atoms with E-state index in [2.05, 4.69) is 15.5 Å². The van der Waals surface area contributed by atoms with Gasteiger partial charge in [-0.3, -0.25) is 14.4 Å². The molecule has 2 aliphatic heterocycles. The molecule has 5 rings (SSSR count). The lowest BCUT2D eigenvalue weighted by atomic mass is 9.50. The molecule has 1 aromatic carbocycles. The minimum atomic E-state index is -1.94. The number of phenols is 1. The van der Waals surface area contributed by atoms with Crippen molar-refractivity contribution in [2.24, 2.45) is 5.73 Å². The lowest BCUT2D eigenvalue weighted by Gasteiger charge is -2.61. The minimum absolute atomic E-state index is 0.0705. The molecule has 0 radical (unpaired) electrons. The fourth-order valence-corrected chi connectivity index (χ4v) is 7.56. The van der Waals surface area contributed by atoms with Crippen molar-refractivity contribution in [1.82, 2.24) is 15.5 Å². The van der Waals surface area contributed by atoms with E-state index in [0.717, 1.165) is 5.56 Å². The number of ether oxygens (including phenoxy) is 3. The number of unbranched alkanes of at least 4 members (excludes halogenated alkanes) is 1. The molecule has 2 amide bonds. The van der Waals surface area contributed by atoms with Gasteiger partial charge in [-0.2, -0.15) is 0 Å². The number of likely N-dealkylation sites (tertiary alicyclic amines) is 1. The first-order valence-electron chi connectivity index (χ1n) is 15.8. The van der Waals surface area contributed by atoms with E-state index in [1.807, 2.05) is 13.1 Å². The molecule has 1 aromatic rings. The van der Waals surface area contributed by atoms with Gasteiger partial charge in [-0.15, -0.1) is 0 Å². The second-order valence-corrected chi connectivity index (χ2v) is 12.8. The van der Waals surface area contributed by atoms with E-state index in [9.17, 15) is 39.3 Å². The van der Waals surface area contributed by atoms with Crippen LogP contribution in [0.4, 0.5) is 0 Å². The van der Waals surface area contributed by atoms with Gasteiger partial charge in [0.2, 0.25) is 17.9 Å².